The predicted molar refractivity (Wildman–Crippen MR) is 119 cm³/mol. The fourth-order valence-electron chi connectivity index (χ4n) is 3.26. The maximum atomic E-state index is 12.1. The molecule has 0 spiro atoms. The first-order valence-electron chi connectivity index (χ1n) is 9.56. The van der Waals surface area contributed by atoms with Crippen LogP contribution in [0.4, 0.5) is 0 Å². The smallest absolute Gasteiger partial charge is 0.191 e. The Kier molecular flexibility index (Phi) is 13.4. The van der Waals surface area contributed by atoms with Gasteiger partial charge in [0.05, 0.1) is 13.2 Å². The van der Waals surface area contributed by atoms with Gasteiger partial charge in [0.25, 0.3) is 0 Å². The molecule has 150 valence electrons. The van der Waals surface area contributed by atoms with Gasteiger partial charge < -0.3 is 15.7 Å². The number of hydrogen-bond acceptors (Lipinski definition) is 3. The lowest BCUT2D eigenvalue weighted by atomic mass is 9.83. The van der Waals surface area contributed by atoms with E-state index in [2.05, 4.69) is 31.4 Å². The molecule has 1 aliphatic carbocycles. The lowest BCUT2D eigenvalue weighted by molar-refractivity contribution is 0.123. The Hall–Kier alpha value is 0.110. The van der Waals surface area contributed by atoms with Crippen LogP contribution in [0, 0.1) is 5.41 Å². The summed E-state index contributed by atoms with van der Waals surface area (Å²) in [6.07, 6.45) is 6.10. The van der Waals surface area contributed by atoms with Gasteiger partial charge in [0.2, 0.25) is 0 Å². The third-order valence-electron chi connectivity index (χ3n) is 5.38. The first kappa shape index (κ1) is 25.1. The summed E-state index contributed by atoms with van der Waals surface area (Å²) < 4.78 is 12.1. The second kappa shape index (κ2) is 13.3. The van der Waals surface area contributed by atoms with Crippen LogP contribution in [-0.4, -0.2) is 52.0 Å². The highest BCUT2D eigenvalue weighted by Gasteiger charge is 2.27. The molecule has 0 aliphatic heterocycles. The van der Waals surface area contributed by atoms with Crippen LogP contribution in [-0.2, 0) is 10.8 Å². The maximum absolute atomic E-state index is 12.1. The van der Waals surface area contributed by atoms with Gasteiger partial charge in [-0.3, -0.25) is 9.20 Å². The molecule has 1 aliphatic rings. The average Bonchev–Trinajstić information content (AvgIpc) is 2.63. The summed E-state index contributed by atoms with van der Waals surface area (Å²) in [5.41, 5.74) is -0.124. The van der Waals surface area contributed by atoms with Crippen molar-refractivity contribution in [2.24, 2.45) is 10.4 Å². The van der Waals surface area contributed by atoms with Gasteiger partial charge in [-0.25, -0.2) is 0 Å². The Balaban J connectivity index is 0.00000576. The van der Waals surface area contributed by atoms with E-state index in [1.807, 2.05) is 6.92 Å². The molecule has 0 radical (unpaired) electrons. The third-order valence-corrected chi connectivity index (χ3v) is 7.12. The van der Waals surface area contributed by atoms with Gasteiger partial charge in [-0.1, -0.05) is 27.2 Å². The fraction of sp³-hybridized carbons (Fsp3) is 0.944. The molecule has 0 aromatic carbocycles. The molecule has 3 atom stereocenters. The van der Waals surface area contributed by atoms with Crippen molar-refractivity contribution >= 4 is 40.7 Å². The topological polar surface area (TPSA) is 73.7 Å². The number of hydrogen-bond donors (Lipinski definition) is 3. The minimum atomic E-state index is -0.708. The summed E-state index contributed by atoms with van der Waals surface area (Å²) in [4.78, 5) is 4.74. The highest BCUT2D eigenvalue weighted by Crippen LogP contribution is 2.26. The van der Waals surface area contributed by atoms with Gasteiger partial charge in [0.15, 0.2) is 5.96 Å². The van der Waals surface area contributed by atoms with Gasteiger partial charge in [0, 0.05) is 39.8 Å². The average molecular weight is 487 g/mol. The SMILES string of the molecule is CCNC(=NCC(CC)(CC)CO)NC1CCCC(S(=O)CC)C1.I. The van der Waals surface area contributed by atoms with Crippen molar-refractivity contribution in [3.8, 4) is 0 Å². The molecule has 1 fully saturated rings. The maximum Gasteiger partial charge on any atom is 0.191 e. The van der Waals surface area contributed by atoms with E-state index in [-0.39, 0.29) is 36.0 Å². The molecule has 1 rings (SSSR count). The third kappa shape index (κ3) is 8.12. The van der Waals surface area contributed by atoms with Crippen LogP contribution in [0.1, 0.15) is 66.2 Å². The molecule has 0 heterocycles. The molecule has 25 heavy (non-hydrogen) atoms. The molecular formula is C18H38IN3O2S. The van der Waals surface area contributed by atoms with Gasteiger partial charge >= 0.3 is 0 Å². The quantitative estimate of drug-likeness (QED) is 0.266. The summed E-state index contributed by atoms with van der Waals surface area (Å²) in [5.74, 6) is 1.57. The van der Waals surface area contributed by atoms with E-state index < -0.39 is 10.8 Å². The van der Waals surface area contributed by atoms with Crippen LogP contribution in [0.2, 0.25) is 0 Å². The highest BCUT2D eigenvalue weighted by atomic mass is 127. The second-order valence-electron chi connectivity index (χ2n) is 6.86. The van der Waals surface area contributed by atoms with Crippen molar-refractivity contribution in [2.75, 3.05) is 25.4 Å². The van der Waals surface area contributed by atoms with Crippen molar-refractivity contribution in [1.82, 2.24) is 10.6 Å². The zero-order chi connectivity index (χ0) is 18.0. The normalized spacial score (nSPS) is 22.8. The van der Waals surface area contributed by atoms with Crippen LogP contribution < -0.4 is 10.6 Å². The Morgan fingerprint density at radius 1 is 1.24 bits per heavy atom. The van der Waals surface area contributed by atoms with Crippen molar-refractivity contribution in [3.05, 3.63) is 0 Å². The van der Waals surface area contributed by atoms with E-state index >= 15 is 0 Å². The highest BCUT2D eigenvalue weighted by molar-refractivity contribution is 14.0. The van der Waals surface area contributed by atoms with E-state index in [1.54, 1.807) is 0 Å². The van der Waals surface area contributed by atoms with Gasteiger partial charge in [-0.15, -0.1) is 24.0 Å². The first-order valence-corrected chi connectivity index (χ1v) is 10.9. The lowest BCUT2D eigenvalue weighted by Gasteiger charge is -2.31. The Bertz CT molecular complexity index is 409. The largest absolute Gasteiger partial charge is 0.396 e. The first-order chi connectivity index (χ1) is 11.5. The van der Waals surface area contributed by atoms with Crippen molar-refractivity contribution in [2.45, 2.75) is 77.5 Å². The molecule has 1 saturated carbocycles. The number of nitrogens with zero attached hydrogens (tertiary/aromatic N) is 1. The zero-order valence-electron chi connectivity index (χ0n) is 16.3. The Morgan fingerprint density at radius 3 is 2.44 bits per heavy atom. The molecule has 0 bridgehead atoms. The summed E-state index contributed by atoms with van der Waals surface area (Å²) in [6.45, 7) is 9.90. The molecule has 0 amide bonds. The Morgan fingerprint density at radius 2 is 1.92 bits per heavy atom. The van der Waals surface area contributed by atoms with E-state index in [9.17, 15) is 9.32 Å². The summed E-state index contributed by atoms with van der Waals surface area (Å²) in [5, 5.41) is 16.9. The van der Waals surface area contributed by atoms with E-state index in [4.69, 9.17) is 4.99 Å². The van der Waals surface area contributed by atoms with Crippen molar-refractivity contribution < 1.29 is 9.32 Å². The molecular weight excluding hydrogens is 449 g/mol. The number of aliphatic hydroxyl groups is 1. The van der Waals surface area contributed by atoms with Gasteiger partial charge in [0.1, 0.15) is 0 Å². The van der Waals surface area contributed by atoms with Crippen LogP contribution in [0.15, 0.2) is 4.99 Å². The molecule has 0 saturated heterocycles. The van der Waals surface area contributed by atoms with Crippen LogP contribution in [0.25, 0.3) is 0 Å². The van der Waals surface area contributed by atoms with E-state index in [0.29, 0.717) is 17.8 Å². The van der Waals surface area contributed by atoms with Gasteiger partial charge in [-0.2, -0.15) is 0 Å². The summed E-state index contributed by atoms with van der Waals surface area (Å²) in [6, 6.07) is 0.337. The monoisotopic (exact) mass is 487 g/mol. The fourth-order valence-corrected chi connectivity index (χ4v) is 4.61. The van der Waals surface area contributed by atoms with Crippen LogP contribution in [0.3, 0.4) is 0 Å². The number of rotatable bonds is 9. The standard InChI is InChI=1S/C18H37N3O2S.HI/c1-5-18(6-2,14-22)13-20-17(19-7-3)21-15-10-9-11-16(12-15)24(23)8-4;/h15-16,22H,5-14H2,1-4H3,(H2,19,20,21);1H. The lowest BCUT2D eigenvalue weighted by Crippen LogP contribution is -2.47. The van der Waals surface area contributed by atoms with E-state index in [0.717, 1.165) is 56.8 Å². The summed E-state index contributed by atoms with van der Waals surface area (Å²) >= 11 is 0. The molecule has 0 aromatic heterocycles. The number of halogens is 1. The number of nitrogens with one attached hydrogen (secondary N) is 2. The minimum Gasteiger partial charge on any atom is -0.396 e. The van der Waals surface area contributed by atoms with Crippen LogP contribution >= 0.6 is 24.0 Å². The molecule has 3 N–H and O–H groups in total. The van der Waals surface area contributed by atoms with Crippen molar-refractivity contribution in [1.29, 1.82) is 0 Å². The molecule has 0 aromatic rings. The van der Waals surface area contributed by atoms with E-state index in [1.165, 1.54) is 0 Å². The minimum absolute atomic E-state index is 0. The van der Waals surface area contributed by atoms with Crippen molar-refractivity contribution in [3.63, 3.8) is 0 Å². The van der Waals surface area contributed by atoms with Crippen LogP contribution in [0.5, 0.6) is 0 Å². The Labute approximate surface area is 173 Å². The molecule has 3 unspecified atom stereocenters. The zero-order valence-corrected chi connectivity index (χ0v) is 19.5. The molecule has 7 heteroatoms. The van der Waals surface area contributed by atoms with Gasteiger partial charge in [-0.05, 0) is 39.0 Å². The summed E-state index contributed by atoms with van der Waals surface area (Å²) in [7, 11) is -0.708. The predicted octanol–water partition coefficient (Wildman–Crippen LogP) is 3.04. The molecule has 5 nitrogen and oxygen atoms in total. The second-order valence-corrected chi connectivity index (χ2v) is 8.87. The number of guanidine groups is 1. The number of aliphatic imine (C=N–C) groups is 1. The number of aliphatic hydroxyl groups excluding tert-OH is 1.